The van der Waals surface area contributed by atoms with Crippen molar-refractivity contribution < 1.29 is 27.4 Å². The topological polar surface area (TPSA) is 35.5 Å². The third-order valence-corrected chi connectivity index (χ3v) is 2.36. The van der Waals surface area contributed by atoms with Crippen LogP contribution < -0.4 is 0 Å². The van der Waals surface area contributed by atoms with Crippen LogP contribution in [0.5, 0.6) is 0 Å². The molecule has 15 heavy (non-hydrogen) atoms. The van der Waals surface area contributed by atoms with Crippen molar-refractivity contribution in [1.29, 1.82) is 0 Å². The SMILES string of the molecule is CCOC(=O)C(Br)CC(OC)C(F)(F)F. The van der Waals surface area contributed by atoms with Gasteiger partial charge in [-0.3, -0.25) is 4.79 Å². The molecule has 0 saturated carbocycles. The van der Waals surface area contributed by atoms with Gasteiger partial charge in [-0.05, 0) is 6.92 Å². The van der Waals surface area contributed by atoms with Crippen molar-refractivity contribution in [3.05, 3.63) is 0 Å². The molecule has 0 amide bonds. The summed E-state index contributed by atoms with van der Waals surface area (Å²) in [5.41, 5.74) is 0. The number of hydrogen-bond donors (Lipinski definition) is 0. The fourth-order valence-corrected chi connectivity index (χ4v) is 1.35. The second kappa shape index (κ2) is 6.32. The second-order valence-electron chi connectivity index (χ2n) is 2.72. The van der Waals surface area contributed by atoms with Crippen molar-refractivity contribution in [3.63, 3.8) is 0 Å². The van der Waals surface area contributed by atoms with Gasteiger partial charge in [0.25, 0.3) is 0 Å². The predicted molar refractivity (Wildman–Crippen MR) is 50.8 cm³/mol. The molecule has 0 fully saturated rings. The Morgan fingerprint density at radius 2 is 2.00 bits per heavy atom. The Morgan fingerprint density at radius 3 is 2.33 bits per heavy atom. The van der Waals surface area contributed by atoms with Crippen LogP contribution in [0, 0.1) is 0 Å². The lowest BCUT2D eigenvalue weighted by atomic mass is 10.2. The highest BCUT2D eigenvalue weighted by Crippen LogP contribution is 2.27. The van der Waals surface area contributed by atoms with E-state index in [1.54, 1.807) is 6.92 Å². The molecule has 0 aliphatic heterocycles. The molecule has 0 spiro atoms. The van der Waals surface area contributed by atoms with E-state index in [1.165, 1.54) is 0 Å². The number of carbonyl (C=O) groups excluding carboxylic acids is 1. The molecule has 7 heteroatoms. The van der Waals surface area contributed by atoms with Gasteiger partial charge in [0.15, 0.2) is 6.10 Å². The largest absolute Gasteiger partial charge is 0.465 e. The van der Waals surface area contributed by atoms with E-state index in [0.717, 1.165) is 7.11 Å². The number of esters is 1. The Hall–Kier alpha value is -0.300. The van der Waals surface area contributed by atoms with Gasteiger partial charge < -0.3 is 9.47 Å². The number of carbonyl (C=O) groups is 1. The minimum atomic E-state index is -4.48. The first kappa shape index (κ1) is 14.7. The maximum absolute atomic E-state index is 12.2. The molecule has 0 rings (SSSR count). The molecular weight excluding hydrogens is 281 g/mol. The molecule has 0 N–H and O–H groups in total. The zero-order valence-corrected chi connectivity index (χ0v) is 9.89. The maximum Gasteiger partial charge on any atom is 0.414 e. The number of rotatable bonds is 5. The Bertz CT molecular complexity index is 208. The minimum Gasteiger partial charge on any atom is -0.465 e. The summed E-state index contributed by atoms with van der Waals surface area (Å²) in [6.07, 6.45) is -6.95. The molecular formula is C8H12BrF3O3. The van der Waals surface area contributed by atoms with Crippen LogP contribution in [0.3, 0.4) is 0 Å². The summed E-state index contributed by atoms with van der Waals surface area (Å²) in [5, 5.41) is 0. The highest BCUT2D eigenvalue weighted by Gasteiger charge is 2.42. The van der Waals surface area contributed by atoms with Crippen molar-refractivity contribution in [2.75, 3.05) is 13.7 Å². The Kier molecular flexibility index (Phi) is 6.19. The average molecular weight is 293 g/mol. The molecule has 0 radical (unpaired) electrons. The van der Waals surface area contributed by atoms with E-state index in [2.05, 4.69) is 25.4 Å². The summed E-state index contributed by atoms with van der Waals surface area (Å²) in [7, 11) is 0.947. The molecule has 0 aliphatic rings. The number of alkyl halides is 4. The van der Waals surface area contributed by atoms with Crippen LogP contribution in [-0.2, 0) is 14.3 Å². The van der Waals surface area contributed by atoms with Crippen molar-refractivity contribution >= 4 is 21.9 Å². The molecule has 0 bridgehead atoms. The monoisotopic (exact) mass is 292 g/mol. The van der Waals surface area contributed by atoms with E-state index in [-0.39, 0.29) is 6.61 Å². The molecule has 90 valence electrons. The van der Waals surface area contributed by atoms with Crippen LogP contribution in [0.25, 0.3) is 0 Å². The molecule has 2 atom stereocenters. The van der Waals surface area contributed by atoms with E-state index in [1.807, 2.05) is 0 Å². The van der Waals surface area contributed by atoms with Gasteiger partial charge in [-0.25, -0.2) is 0 Å². The van der Waals surface area contributed by atoms with Crippen LogP contribution in [0.4, 0.5) is 13.2 Å². The highest BCUT2D eigenvalue weighted by atomic mass is 79.9. The van der Waals surface area contributed by atoms with Gasteiger partial charge in [0.2, 0.25) is 0 Å². The van der Waals surface area contributed by atoms with Gasteiger partial charge in [0.05, 0.1) is 6.61 Å². The lowest BCUT2D eigenvalue weighted by molar-refractivity contribution is -0.214. The fraction of sp³-hybridized carbons (Fsp3) is 0.875. The summed E-state index contributed by atoms with van der Waals surface area (Å²) >= 11 is 2.82. The van der Waals surface area contributed by atoms with Gasteiger partial charge in [0, 0.05) is 13.5 Å². The van der Waals surface area contributed by atoms with Crippen molar-refractivity contribution in [3.8, 4) is 0 Å². The summed E-state index contributed by atoms with van der Waals surface area (Å²) in [5.74, 6) is -0.719. The van der Waals surface area contributed by atoms with Crippen molar-refractivity contribution in [2.45, 2.75) is 30.5 Å². The molecule has 0 aromatic rings. The normalized spacial score (nSPS) is 15.9. The zero-order valence-electron chi connectivity index (χ0n) is 8.31. The van der Waals surface area contributed by atoms with E-state index in [0.29, 0.717) is 0 Å². The minimum absolute atomic E-state index is 0.130. The second-order valence-corrected chi connectivity index (χ2v) is 3.83. The third kappa shape index (κ3) is 5.36. The lowest BCUT2D eigenvalue weighted by Gasteiger charge is -2.20. The maximum atomic E-state index is 12.2. The lowest BCUT2D eigenvalue weighted by Crippen LogP contribution is -2.35. The van der Waals surface area contributed by atoms with Crippen molar-refractivity contribution in [1.82, 2.24) is 0 Å². The Labute approximate surface area is 94.0 Å². The van der Waals surface area contributed by atoms with Gasteiger partial charge >= 0.3 is 12.1 Å². The van der Waals surface area contributed by atoms with Gasteiger partial charge in [-0.2, -0.15) is 13.2 Å². The number of halogens is 4. The average Bonchev–Trinajstić information content (AvgIpc) is 2.12. The van der Waals surface area contributed by atoms with Crippen LogP contribution in [0.15, 0.2) is 0 Å². The highest BCUT2D eigenvalue weighted by molar-refractivity contribution is 9.10. The molecule has 0 heterocycles. The van der Waals surface area contributed by atoms with E-state index in [4.69, 9.17) is 0 Å². The Balaban J connectivity index is 4.24. The summed E-state index contributed by atoms with van der Waals surface area (Å²) in [6, 6.07) is 0. The molecule has 0 saturated heterocycles. The van der Waals surface area contributed by atoms with E-state index in [9.17, 15) is 18.0 Å². The Morgan fingerprint density at radius 1 is 1.47 bits per heavy atom. The molecule has 2 unspecified atom stereocenters. The molecule has 0 aromatic carbocycles. The van der Waals surface area contributed by atoms with Crippen LogP contribution in [0.1, 0.15) is 13.3 Å². The summed E-state index contributed by atoms with van der Waals surface area (Å²) in [6.45, 7) is 1.71. The predicted octanol–water partition coefficient (Wildman–Crippen LogP) is 2.28. The molecule has 0 aliphatic carbocycles. The number of methoxy groups -OCH3 is 1. The van der Waals surface area contributed by atoms with Gasteiger partial charge in [-0.15, -0.1) is 0 Å². The first-order chi connectivity index (χ1) is 6.82. The van der Waals surface area contributed by atoms with Crippen molar-refractivity contribution in [2.24, 2.45) is 0 Å². The summed E-state index contributed by atoms with van der Waals surface area (Å²) in [4.78, 5) is 10.0. The van der Waals surface area contributed by atoms with Crippen LogP contribution in [0.2, 0.25) is 0 Å². The number of hydrogen-bond acceptors (Lipinski definition) is 3. The molecule has 3 nitrogen and oxygen atoms in total. The van der Waals surface area contributed by atoms with Gasteiger partial charge in [0.1, 0.15) is 4.83 Å². The third-order valence-electron chi connectivity index (χ3n) is 1.61. The first-order valence-electron chi connectivity index (χ1n) is 4.23. The zero-order chi connectivity index (χ0) is 12.1. The van der Waals surface area contributed by atoms with E-state index >= 15 is 0 Å². The van der Waals surface area contributed by atoms with Crippen LogP contribution in [-0.4, -0.2) is 36.8 Å². The smallest absolute Gasteiger partial charge is 0.414 e. The quantitative estimate of drug-likeness (QED) is 0.576. The van der Waals surface area contributed by atoms with E-state index < -0.39 is 29.5 Å². The summed E-state index contributed by atoms with van der Waals surface area (Å²) < 4.78 is 45.5. The standard InChI is InChI=1S/C8H12BrF3O3/c1-3-15-7(13)5(9)4-6(14-2)8(10,11)12/h5-6H,3-4H2,1-2H3. The number of ether oxygens (including phenoxy) is 2. The first-order valence-corrected chi connectivity index (χ1v) is 5.14. The molecule has 0 aromatic heterocycles. The fourth-order valence-electron chi connectivity index (χ4n) is 0.880. The van der Waals surface area contributed by atoms with Crippen LogP contribution >= 0.6 is 15.9 Å². The van der Waals surface area contributed by atoms with Gasteiger partial charge in [-0.1, -0.05) is 15.9 Å².